The molecule has 3 nitrogen and oxygen atoms in total. The number of nitrogens with zero attached hydrogens (tertiary/aromatic N) is 1. The predicted octanol–water partition coefficient (Wildman–Crippen LogP) is 3.34. The van der Waals surface area contributed by atoms with E-state index in [1.165, 1.54) is 0 Å². The maximum Gasteiger partial charge on any atom is 0.417 e. The van der Waals surface area contributed by atoms with Crippen molar-refractivity contribution in [2.24, 2.45) is 0 Å². The van der Waals surface area contributed by atoms with Crippen LogP contribution in [-0.2, 0) is 6.18 Å². The molecule has 17 heavy (non-hydrogen) atoms. The summed E-state index contributed by atoms with van der Waals surface area (Å²) in [5.74, 6) is -1.80. The van der Waals surface area contributed by atoms with Gasteiger partial charge in [-0.05, 0) is 28.7 Å². The lowest BCUT2D eigenvalue weighted by Gasteiger charge is -2.12. The minimum absolute atomic E-state index is 0.232. The van der Waals surface area contributed by atoms with Crippen LogP contribution >= 0.6 is 22.6 Å². The van der Waals surface area contributed by atoms with E-state index in [1.807, 2.05) is 0 Å². The first kappa shape index (κ1) is 14.1. The second kappa shape index (κ2) is 4.70. The standard InChI is InChI=1S/C8H3F5INO2/c9-6(10)5-4(14)2(8(11,12)13)1-3(15-5)7(16)17/h1,6H,(H,16,17). The van der Waals surface area contributed by atoms with Crippen molar-refractivity contribution >= 4 is 28.6 Å². The monoisotopic (exact) mass is 367 g/mol. The lowest BCUT2D eigenvalue weighted by Crippen LogP contribution is -2.15. The van der Waals surface area contributed by atoms with Crippen LogP contribution < -0.4 is 0 Å². The van der Waals surface area contributed by atoms with Gasteiger partial charge in [0.25, 0.3) is 6.43 Å². The third kappa shape index (κ3) is 3.01. The van der Waals surface area contributed by atoms with E-state index in [2.05, 4.69) is 4.98 Å². The molecule has 0 radical (unpaired) electrons. The number of pyridine rings is 1. The smallest absolute Gasteiger partial charge is 0.417 e. The highest BCUT2D eigenvalue weighted by Gasteiger charge is 2.36. The lowest BCUT2D eigenvalue weighted by molar-refractivity contribution is -0.138. The van der Waals surface area contributed by atoms with Gasteiger partial charge in [-0.15, -0.1) is 0 Å². The topological polar surface area (TPSA) is 50.2 Å². The molecule has 0 fully saturated rings. The summed E-state index contributed by atoms with van der Waals surface area (Å²) in [6.45, 7) is 0. The molecule has 0 saturated heterocycles. The molecule has 1 N–H and O–H groups in total. The van der Waals surface area contributed by atoms with Crippen LogP contribution in [0.15, 0.2) is 6.07 Å². The van der Waals surface area contributed by atoms with Crippen molar-refractivity contribution in [3.05, 3.63) is 26.6 Å². The molecule has 0 aliphatic carbocycles. The van der Waals surface area contributed by atoms with Crippen LogP contribution in [-0.4, -0.2) is 16.1 Å². The average Bonchev–Trinajstić information content (AvgIpc) is 2.15. The van der Waals surface area contributed by atoms with Crippen LogP contribution in [0.3, 0.4) is 0 Å². The Morgan fingerprint density at radius 2 is 1.94 bits per heavy atom. The molecule has 1 heterocycles. The Labute approximate surface area is 105 Å². The van der Waals surface area contributed by atoms with Crippen molar-refractivity contribution in [1.82, 2.24) is 4.98 Å². The molecule has 0 spiro atoms. The van der Waals surface area contributed by atoms with Crippen LogP contribution in [0.4, 0.5) is 22.0 Å². The molecule has 0 aliphatic heterocycles. The first-order chi connectivity index (χ1) is 7.64. The zero-order valence-corrected chi connectivity index (χ0v) is 9.88. The maximum absolute atomic E-state index is 12.5. The Bertz CT molecular complexity index is 460. The number of hydrogen-bond acceptors (Lipinski definition) is 2. The fourth-order valence-corrected chi connectivity index (χ4v) is 1.83. The summed E-state index contributed by atoms with van der Waals surface area (Å²) in [5, 5.41) is 8.49. The Balaban J connectivity index is 3.55. The molecular weight excluding hydrogens is 364 g/mol. The Morgan fingerprint density at radius 1 is 1.41 bits per heavy atom. The van der Waals surface area contributed by atoms with Gasteiger partial charge in [0.1, 0.15) is 11.4 Å². The maximum atomic E-state index is 12.5. The van der Waals surface area contributed by atoms with Gasteiger partial charge in [0, 0.05) is 0 Å². The molecule has 0 aromatic carbocycles. The summed E-state index contributed by atoms with van der Waals surface area (Å²) < 4.78 is 61.4. The first-order valence-electron chi connectivity index (χ1n) is 3.93. The summed E-state index contributed by atoms with van der Waals surface area (Å²) in [6, 6.07) is 0.232. The van der Waals surface area contributed by atoms with E-state index in [9.17, 15) is 26.7 Å². The van der Waals surface area contributed by atoms with Gasteiger partial charge in [-0.25, -0.2) is 18.6 Å². The molecule has 0 unspecified atom stereocenters. The molecule has 1 rings (SSSR count). The number of carbonyl (C=O) groups is 1. The number of rotatable bonds is 2. The van der Waals surface area contributed by atoms with Crippen LogP contribution in [0.25, 0.3) is 0 Å². The van der Waals surface area contributed by atoms with E-state index in [-0.39, 0.29) is 6.07 Å². The molecule has 0 saturated carbocycles. The van der Waals surface area contributed by atoms with E-state index in [0.29, 0.717) is 0 Å². The third-order valence-corrected chi connectivity index (χ3v) is 2.85. The van der Waals surface area contributed by atoms with E-state index < -0.39 is 39.1 Å². The molecular formula is C8H3F5INO2. The summed E-state index contributed by atoms with van der Waals surface area (Å²) in [5.41, 5.74) is -3.67. The van der Waals surface area contributed by atoms with Gasteiger partial charge < -0.3 is 5.11 Å². The van der Waals surface area contributed by atoms with E-state index in [0.717, 1.165) is 22.6 Å². The fourth-order valence-electron chi connectivity index (χ4n) is 1.01. The van der Waals surface area contributed by atoms with Crippen LogP contribution in [0.1, 0.15) is 28.2 Å². The van der Waals surface area contributed by atoms with E-state index in [4.69, 9.17) is 5.11 Å². The van der Waals surface area contributed by atoms with Gasteiger partial charge in [0.2, 0.25) is 0 Å². The molecule has 1 aromatic heterocycles. The van der Waals surface area contributed by atoms with Crippen molar-refractivity contribution in [2.75, 3.05) is 0 Å². The highest BCUT2D eigenvalue weighted by atomic mass is 127. The summed E-state index contributed by atoms with van der Waals surface area (Å²) in [6.07, 6.45) is -8.19. The van der Waals surface area contributed by atoms with Crippen LogP contribution in [0, 0.1) is 3.57 Å². The SMILES string of the molecule is O=C(O)c1cc(C(F)(F)F)c(I)c(C(F)F)n1. The minimum Gasteiger partial charge on any atom is -0.477 e. The van der Waals surface area contributed by atoms with Crippen molar-refractivity contribution in [1.29, 1.82) is 0 Å². The van der Waals surface area contributed by atoms with Gasteiger partial charge >= 0.3 is 12.1 Å². The normalized spacial score (nSPS) is 11.9. The number of aromatic carboxylic acids is 1. The van der Waals surface area contributed by atoms with Gasteiger partial charge in [-0.3, -0.25) is 0 Å². The molecule has 0 amide bonds. The zero-order chi connectivity index (χ0) is 13.4. The fraction of sp³-hybridized carbons (Fsp3) is 0.250. The third-order valence-electron chi connectivity index (χ3n) is 1.71. The number of hydrogen-bond donors (Lipinski definition) is 1. The molecule has 0 atom stereocenters. The summed E-state index contributed by atoms with van der Waals surface area (Å²) >= 11 is 1.07. The molecule has 94 valence electrons. The van der Waals surface area contributed by atoms with Crippen molar-refractivity contribution in [3.8, 4) is 0 Å². The number of alkyl halides is 5. The average molecular weight is 367 g/mol. The first-order valence-corrected chi connectivity index (χ1v) is 5.01. The van der Waals surface area contributed by atoms with Gasteiger partial charge in [-0.2, -0.15) is 13.2 Å². The van der Waals surface area contributed by atoms with Crippen LogP contribution in [0.2, 0.25) is 0 Å². The van der Waals surface area contributed by atoms with Crippen molar-refractivity contribution < 1.29 is 31.9 Å². The van der Waals surface area contributed by atoms with Crippen LogP contribution in [0.5, 0.6) is 0 Å². The van der Waals surface area contributed by atoms with Gasteiger partial charge in [0.15, 0.2) is 0 Å². The van der Waals surface area contributed by atoms with Gasteiger partial charge in [-0.1, -0.05) is 0 Å². The second-order valence-electron chi connectivity index (χ2n) is 2.86. The molecule has 0 aliphatic rings. The summed E-state index contributed by atoms with van der Waals surface area (Å²) in [4.78, 5) is 13.5. The number of carboxylic acids is 1. The quantitative estimate of drug-likeness (QED) is 0.645. The molecule has 9 heteroatoms. The Kier molecular flexibility index (Phi) is 3.89. The van der Waals surface area contributed by atoms with Gasteiger partial charge in [0.05, 0.1) is 9.13 Å². The second-order valence-corrected chi connectivity index (χ2v) is 3.94. The molecule has 0 bridgehead atoms. The number of aromatic nitrogens is 1. The Morgan fingerprint density at radius 3 is 2.29 bits per heavy atom. The van der Waals surface area contributed by atoms with E-state index in [1.54, 1.807) is 0 Å². The number of halogens is 6. The highest BCUT2D eigenvalue weighted by Crippen LogP contribution is 2.36. The zero-order valence-electron chi connectivity index (χ0n) is 7.73. The van der Waals surface area contributed by atoms with Crippen molar-refractivity contribution in [2.45, 2.75) is 12.6 Å². The largest absolute Gasteiger partial charge is 0.477 e. The Hall–Kier alpha value is -1.00. The molecule has 1 aromatic rings. The number of carboxylic acid groups (broad SMARTS) is 1. The summed E-state index contributed by atoms with van der Waals surface area (Å²) in [7, 11) is 0. The van der Waals surface area contributed by atoms with E-state index >= 15 is 0 Å². The highest BCUT2D eigenvalue weighted by molar-refractivity contribution is 14.1. The predicted molar refractivity (Wildman–Crippen MR) is 53.9 cm³/mol. The lowest BCUT2D eigenvalue weighted by atomic mass is 10.2. The van der Waals surface area contributed by atoms with Crippen molar-refractivity contribution in [3.63, 3.8) is 0 Å². The minimum atomic E-state index is -4.91.